The number of nitrogens with one attached hydrogen (secondary N) is 1. The van der Waals surface area contributed by atoms with E-state index in [1.807, 2.05) is 31.1 Å². The molecule has 4 nitrogen and oxygen atoms in total. The van der Waals surface area contributed by atoms with Gasteiger partial charge >= 0.3 is 0 Å². The first kappa shape index (κ1) is 16.8. The van der Waals surface area contributed by atoms with Crippen molar-refractivity contribution in [1.82, 2.24) is 0 Å². The van der Waals surface area contributed by atoms with Crippen molar-refractivity contribution in [3.63, 3.8) is 0 Å². The normalized spacial score (nSPS) is 11.9. The van der Waals surface area contributed by atoms with Crippen molar-refractivity contribution < 1.29 is 22.5 Å². The molecule has 0 aliphatic rings. The highest BCUT2D eigenvalue weighted by Crippen LogP contribution is 2.20. The van der Waals surface area contributed by atoms with Gasteiger partial charge in [-0.1, -0.05) is 0 Å². The van der Waals surface area contributed by atoms with Gasteiger partial charge in [-0.25, -0.2) is 13.2 Å². The quantitative estimate of drug-likeness (QED) is 0.693. The van der Waals surface area contributed by atoms with Gasteiger partial charge in [0, 0.05) is 38.8 Å². The Morgan fingerprint density at radius 3 is 2.26 bits per heavy atom. The van der Waals surface area contributed by atoms with Crippen molar-refractivity contribution in [2.75, 3.05) is 24.3 Å². The van der Waals surface area contributed by atoms with Crippen molar-refractivity contribution in [2.24, 2.45) is 0 Å². The maximum absolute atomic E-state index is 13.6. The molecule has 0 saturated carbocycles. The van der Waals surface area contributed by atoms with Crippen LogP contribution in [0.4, 0.5) is 24.5 Å². The molecular weight excluding hydrogens is 307 g/mol. The first-order valence-corrected chi connectivity index (χ1v) is 6.93. The van der Waals surface area contributed by atoms with Crippen LogP contribution in [-0.4, -0.2) is 20.0 Å². The molecule has 1 aromatic heterocycles. The number of nitrogens with zero attached hydrogens (tertiary/aromatic N) is 2. The molecule has 1 N–H and O–H groups in total. The van der Waals surface area contributed by atoms with E-state index in [4.69, 9.17) is 0 Å². The van der Waals surface area contributed by atoms with Gasteiger partial charge in [0.1, 0.15) is 0 Å². The lowest BCUT2D eigenvalue weighted by Gasteiger charge is -2.13. The number of pyridine rings is 1. The zero-order chi connectivity index (χ0) is 17.1. The number of amides is 1. The second kappa shape index (κ2) is 6.68. The number of carbonyl (C=O) groups is 1. The van der Waals surface area contributed by atoms with Crippen LogP contribution in [0.3, 0.4) is 0 Å². The lowest BCUT2D eigenvalue weighted by atomic mass is 10.2. The molecular formula is C16H17F3N3O+. The number of aromatic nitrogens is 1. The Bertz CT molecular complexity index is 717. The summed E-state index contributed by atoms with van der Waals surface area (Å²) in [4.78, 5) is 14.1. The summed E-state index contributed by atoms with van der Waals surface area (Å²) in [6, 6.07) is 4.73. The molecule has 0 spiro atoms. The summed E-state index contributed by atoms with van der Waals surface area (Å²) >= 11 is 0. The number of carbonyl (C=O) groups excluding carboxylic acids is 1. The SMILES string of the molecule is C[C@H](C(=O)Nc1ccc(F)c(F)c1F)[n+]1ccc(N(C)C)cc1. The first-order valence-electron chi connectivity index (χ1n) is 6.93. The van der Waals surface area contributed by atoms with Crippen LogP contribution in [0.15, 0.2) is 36.7 Å². The highest BCUT2D eigenvalue weighted by molar-refractivity contribution is 5.92. The number of hydrogen-bond donors (Lipinski definition) is 1. The van der Waals surface area contributed by atoms with Crippen molar-refractivity contribution in [3.05, 3.63) is 54.1 Å². The molecule has 1 amide bonds. The van der Waals surface area contributed by atoms with Gasteiger partial charge in [-0.15, -0.1) is 0 Å². The lowest BCUT2D eigenvalue weighted by Crippen LogP contribution is -2.44. The second-order valence-corrected chi connectivity index (χ2v) is 5.29. The zero-order valence-electron chi connectivity index (χ0n) is 13.0. The van der Waals surface area contributed by atoms with E-state index in [1.165, 1.54) is 0 Å². The van der Waals surface area contributed by atoms with Crippen LogP contribution >= 0.6 is 0 Å². The number of anilines is 2. The number of halogens is 3. The monoisotopic (exact) mass is 324 g/mol. The van der Waals surface area contributed by atoms with Crippen LogP contribution in [0.1, 0.15) is 13.0 Å². The summed E-state index contributed by atoms with van der Waals surface area (Å²) in [6.45, 7) is 1.61. The average molecular weight is 324 g/mol. The van der Waals surface area contributed by atoms with Crippen LogP contribution in [0.5, 0.6) is 0 Å². The van der Waals surface area contributed by atoms with Gasteiger partial charge in [-0.05, 0) is 12.1 Å². The molecule has 1 heterocycles. The van der Waals surface area contributed by atoms with Crippen molar-refractivity contribution in [2.45, 2.75) is 13.0 Å². The highest BCUT2D eigenvalue weighted by Gasteiger charge is 2.24. The zero-order valence-corrected chi connectivity index (χ0v) is 13.0. The Morgan fingerprint density at radius 2 is 1.70 bits per heavy atom. The molecule has 1 atom stereocenters. The Kier molecular flexibility index (Phi) is 4.88. The van der Waals surface area contributed by atoms with Gasteiger partial charge in [0.15, 0.2) is 29.8 Å². The van der Waals surface area contributed by atoms with Gasteiger partial charge in [0.05, 0.1) is 5.69 Å². The van der Waals surface area contributed by atoms with Crippen molar-refractivity contribution >= 4 is 17.3 Å². The van der Waals surface area contributed by atoms with Gasteiger partial charge in [-0.2, -0.15) is 4.57 Å². The van der Waals surface area contributed by atoms with E-state index < -0.39 is 35.1 Å². The third-order valence-electron chi connectivity index (χ3n) is 3.47. The largest absolute Gasteiger partial charge is 0.377 e. The predicted molar refractivity (Wildman–Crippen MR) is 80.6 cm³/mol. The molecule has 0 unspecified atom stereocenters. The fraction of sp³-hybridized carbons (Fsp3) is 0.250. The fourth-order valence-electron chi connectivity index (χ4n) is 1.98. The van der Waals surface area contributed by atoms with Crippen LogP contribution in [0, 0.1) is 17.5 Å². The number of hydrogen-bond acceptors (Lipinski definition) is 2. The average Bonchev–Trinajstić information content (AvgIpc) is 2.54. The Hall–Kier alpha value is -2.57. The van der Waals surface area contributed by atoms with Crippen LogP contribution in [0.25, 0.3) is 0 Å². The minimum atomic E-state index is -1.61. The molecule has 1 aromatic carbocycles. The molecule has 7 heteroatoms. The molecule has 2 rings (SSSR count). The number of rotatable bonds is 4. The smallest absolute Gasteiger partial charge is 0.293 e. The minimum absolute atomic E-state index is 0.397. The third-order valence-corrected chi connectivity index (χ3v) is 3.47. The fourth-order valence-corrected chi connectivity index (χ4v) is 1.98. The summed E-state index contributed by atoms with van der Waals surface area (Å²) in [5.74, 6) is -4.88. The summed E-state index contributed by atoms with van der Waals surface area (Å²) < 4.78 is 41.3. The van der Waals surface area contributed by atoms with Crippen LogP contribution < -0.4 is 14.8 Å². The van der Waals surface area contributed by atoms with Crippen LogP contribution in [-0.2, 0) is 4.79 Å². The van der Waals surface area contributed by atoms with E-state index in [2.05, 4.69) is 5.32 Å². The molecule has 0 aliphatic heterocycles. The molecule has 0 bridgehead atoms. The minimum Gasteiger partial charge on any atom is -0.377 e. The molecule has 0 aliphatic carbocycles. The lowest BCUT2D eigenvalue weighted by molar-refractivity contribution is -0.705. The number of benzene rings is 1. The van der Waals surface area contributed by atoms with Gasteiger partial charge < -0.3 is 10.2 Å². The van der Waals surface area contributed by atoms with E-state index >= 15 is 0 Å². The molecule has 2 aromatic rings. The Labute approximate surface area is 132 Å². The first-order chi connectivity index (χ1) is 10.8. The maximum Gasteiger partial charge on any atom is 0.293 e. The highest BCUT2D eigenvalue weighted by atomic mass is 19.2. The topological polar surface area (TPSA) is 36.2 Å². The van der Waals surface area contributed by atoms with E-state index in [0.717, 1.165) is 17.8 Å². The maximum atomic E-state index is 13.6. The Balaban J connectivity index is 2.15. The van der Waals surface area contributed by atoms with E-state index in [-0.39, 0.29) is 0 Å². The second-order valence-electron chi connectivity index (χ2n) is 5.29. The van der Waals surface area contributed by atoms with E-state index in [9.17, 15) is 18.0 Å². The van der Waals surface area contributed by atoms with Crippen molar-refractivity contribution in [3.8, 4) is 0 Å². The van der Waals surface area contributed by atoms with Gasteiger partial charge in [-0.3, -0.25) is 4.79 Å². The summed E-state index contributed by atoms with van der Waals surface area (Å²) in [7, 11) is 3.78. The molecule has 23 heavy (non-hydrogen) atoms. The molecule has 0 radical (unpaired) electrons. The van der Waals surface area contributed by atoms with Gasteiger partial charge in [0.25, 0.3) is 5.91 Å². The van der Waals surface area contributed by atoms with Gasteiger partial charge in [0.2, 0.25) is 6.04 Å². The van der Waals surface area contributed by atoms with E-state index in [1.54, 1.807) is 23.9 Å². The third kappa shape index (κ3) is 3.61. The van der Waals surface area contributed by atoms with Crippen molar-refractivity contribution in [1.29, 1.82) is 0 Å². The summed E-state index contributed by atoms with van der Waals surface area (Å²) in [5.41, 5.74) is 0.562. The predicted octanol–water partition coefficient (Wildman–Crippen LogP) is 2.66. The standard InChI is InChI=1S/C16H16F3N3O/c1-10(22-8-6-11(7-9-22)21(2)3)16(23)20-13-5-4-12(17)14(18)15(13)19/h4-10H,1-3H3/p+1/t10-/m1/s1. The Morgan fingerprint density at radius 1 is 1.09 bits per heavy atom. The van der Waals surface area contributed by atoms with Crippen LogP contribution in [0.2, 0.25) is 0 Å². The molecule has 0 fully saturated rings. The molecule has 0 saturated heterocycles. The molecule has 122 valence electrons. The summed E-state index contributed by atoms with van der Waals surface area (Å²) in [6.07, 6.45) is 3.42. The summed E-state index contributed by atoms with van der Waals surface area (Å²) in [5, 5.41) is 2.26. The van der Waals surface area contributed by atoms with E-state index in [0.29, 0.717) is 0 Å².